The number of hydrogen-bond acceptors (Lipinski definition) is 4. The van der Waals surface area contributed by atoms with E-state index >= 15 is 0 Å². The number of hydrogen-bond donors (Lipinski definition) is 2. The number of nitrogen functional groups attached to an aromatic ring is 1. The standard InChI is InChI=1S/C16H28FN3O/c1-11(2)20(5)8-6-7-19-15-10-16(21-12(3)4)13(17)9-14(15)18/h9-12,19H,6-8,18H2,1-5H3. The van der Waals surface area contributed by atoms with Gasteiger partial charge in [-0.1, -0.05) is 0 Å². The minimum atomic E-state index is -0.425. The van der Waals surface area contributed by atoms with E-state index in [-0.39, 0.29) is 11.9 Å². The van der Waals surface area contributed by atoms with Crippen molar-refractivity contribution in [3.63, 3.8) is 0 Å². The van der Waals surface area contributed by atoms with Crippen LogP contribution in [0.1, 0.15) is 34.1 Å². The van der Waals surface area contributed by atoms with Crippen molar-refractivity contribution >= 4 is 11.4 Å². The summed E-state index contributed by atoms with van der Waals surface area (Å²) >= 11 is 0. The second-order valence-electron chi connectivity index (χ2n) is 5.89. The van der Waals surface area contributed by atoms with Gasteiger partial charge in [0.1, 0.15) is 0 Å². The van der Waals surface area contributed by atoms with Crippen molar-refractivity contribution in [2.45, 2.75) is 46.3 Å². The molecule has 0 fully saturated rings. The third kappa shape index (κ3) is 5.79. The van der Waals surface area contributed by atoms with Crippen LogP contribution in [-0.2, 0) is 0 Å². The molecule has 0 spiro atoms. The molecule has 1 rings (SSSR count). The monoisotopic (exact) mass is 297 g/mol. The first-order chi connectivity index (χ1) is 9.81. The summed E-state index contributed by atoms with van der Waals surface area (Å²) in [6.07, 6.45) is 0.918. The van der Waals surface area contributed by atoms with Crippen LogP contribution in [0.2, 0.25) is 0 Å². The van der Waals surface area contributed by atoms with Crippen LogP contribution < -0.4 is 15.8 Å². The van der Waals surface area contributed by atoms with E-state index in [1.165, 1.54) is 6.07 Å². The highest BCUT2D eigenvalue weighted by molar-refractivity contribution is 5.68. The average molecular weight is 297 g/mol. The molecule has 0 aromatic heterocycles. The zero-order valence-electron chi connectivity index (χ0n) is 13.7. The Kier molecular flexibility index (Phi) is 6.75. The van der Waals surface area contributed by atoms with Crippen LogP contribution in [0, 0.1) is 5.82 Å². The van der Waals surface area contributed by atoms with Crippen LogP contribution in [0.25, 0.3) is 0 Å². The fourth-order valence-electron chi connectivity index (χ4n) is 1.88. The first-order valence-electron chi connectivity index (χ1n) is 7.51. The van der Waals surface area contributed by atoms with Gasteiger partial charge in [-0.15, -0.1) is 0 Å². The molecule has 0 aliphatic heterocycles. The average Bonchev–Trinajstić information content (AvgIpc) is 2.38. The lowest BCUT2D eigenvalue weighted by molar-refractivity contribution is 0.231. The van der Waals surface area contributed by atoms with E-state index in [1.54, 1.807) is 6.07 Å². The van der Waals surface area contributed by atoms with Gasteiger partial charge in [0.2, 0.25) is 0 Å². The molecule has 0 aliphatic rings. The molecule has 1 aromatic carbocycles. The number of nitrogens with two attached hydrogens (primary N) is 1. The topological polar surface area (TPSA) is 50.5 Å². The number of benzene rings is 1. The predicted molar refractivity (Wildman–Crippen MR) is 87.4 cm³/mol. The van der Waals surface area contributed by atoms with Crippen LogP contribution in [0.4, 0.5) is 15.8 Å². The Labute approximate surface area is 127 Å². The molecule has 0 aliphatic carbocycles. The summed E-state index contributed by atoms with van der Waals surface area (Å²) in [7, 11) is 2.10. The van der Waals surface area contributed by atoms with Gasteiger partial charge in [0, 0.05) is 24.7 Å². The largest absolute Gasteiger partial charge is 0.488 e. The summed E-state index contributed by atoms with van der Waals surface area (Å²) in [4.78, 5) is 2.28. The predicted octanol–water partition coefficient (Wildman–Crippen LogP) is 3.34. The lowest BCUT2D eigenvalue weighted by Crippen LogP contribution is -2.28. The zero-order valence-corrected chi connectivity index (χ0v) is 13.7. The van der Waals surface area contributed by atoms with Gasteiger partial charge in [-0.05, 0) is 47.7 Å². The van der Waals surface area contributed by atoms with E-state index in [2.05, 4.69) is 31.1 Å². The molecule has 0 heterocycles. The van der Waals surface area contributed by atoms with Crippen molar-refractivity contribution < 1.29 is 9.13 Å². The van der Waals surface area contributed by atoms with Crippen molar-refractivity contribution in [2.24, 2.45) is 0 Å². The molecule has 5 heteroatoms. The Hall–Kier alpha value is -1.49. The maximum absolute atomic E-state index is 13.7. The molecule has 1 aromatic rings. The highest BCUT2D eigenvalue weighted by Gasteiger charge is 2.10. The highest BCUT2D eigenvalue weighted by atomic mass is 19.1. The van der Waals surface area contributed by atoms with Gasteiger partial charge in [0.15, 0.2) is 11.6 Å². The van der Waals surface area contributed by atoms with Crippen molar-refractivity contribution in [2.75, 3.05) is 31.2 Å². The van der Waals surface area contributed by atoms with Crippen molar-refractivity contribution in [1.29, 1.82) is 0 Å². The van der Waals surface area contributed by atoms with Gasteiger partial charge in [-0.25, -0.2) is 4.39 Å². The molecule has 21 heavy (non-hydrogen) atoms. The molecule has 0 atom stereocenters. The van der Waals surface area contributed by atoms with Crippen LogP contribution in [-0.4, -0.2) is 37.2 Å². The Balaban J connectivity index is 2.58. The molecule has 0 amide bonds. The molecule has 120 valence electrons. The number of rotatable bonds is 8. The summed E-state index contributed by atoms with van der Waals surface area (Å²) < 4.78 is 19.2. The fraction of sp³-hybridized carbons (Fsp3) is 0.625. The Morgan fingerprint density at radius 2 is 1.95 bits per heavy atom. The van der Waals surface area contributed by atoms with E-state index in [9.17, 15) is 4.39 Å². The van der Waals surface area contributed by atoms with Crippen LogP contribution in [0.15, 0.2) is 12.1 Å². The molecule has 3 N–H and O–H groups in total. The van der Waals surface area contributed by atoms with Gasteiger partial charge in [-0.3, -0.25) is 0 Å². The lowest BCUT2D eigenvalue weighted by atomic mass is 10.2. The Morgan fingerprint density at radius 1 is 1.29 bits per heavy atom. The normalized spacial score (nSPS) is 11.5. The van der Waals surface area contributed by atoms with Crippen LogP contribution >= 0.6 is 0 Å². The summed E-state index contributed by atoms with van der Waals surface area (Å²) in [5, 5.41) is 3.25. The smallest absolute Gasteiger partial charge is 0.167 e. The van der Waals surface area contributed by atoms with Crippen molar-refractivity contribution in [3.8, 4) is 5.75 Å². The molecule has 0 saturated carbocycles. The lowest BCUT2D eigenvalue weighted by Gasteiger charge is -2.21. The third-order valence-electron chi connectivity index (χ3n) is 3.35. The first kappa shape index (κ1) is 17.6. The van der Waals surface area contributed by atoms with Gasteiger partial charge >= 0.3 is 0 Å². The van der Waals surface area contributed by atoms with E-state index in [0.29, 0.717) is 11.7 Å². The summed E-state index contributed by atoms with van der Waals surface area (Å²) in [6.45, 7) is 9.85. The molecule has 0 unspecified atom stereocenters. The van der Waals surface area contributed by atoms with Gasteiger partial charge < -0.3 is 20.7 Å². The minimum absolute atomic E-state index is 0.0735. The Morgan fingerprint density at radius 3 is 2.52 bits per heavy atom. The SMILES string of the molecule is CC(C)Oc1cc(NCCCN(C)C(C)C)c(N)cc1F. The van der Waals surface area contributed by atoms with E-state index < -0.39 is 5.82 Å². The molecule has 0 saturated heterocycles. The van der Waals surface area contributed by atoms with Crippen LogP contribution in [0.5, 0.6) is 5.75 Å². The summed E-state index contributed by atoms with van der Waals surface area (Å²) in [5.41, 5.74) is 6.97. The molecule has 0 bridgehead atoms. The van der Waals surface area contributed by atoms with Crippen molar-refractivity contribution in [3.05, 3.63) is 17.9 Å². The number of anilines is 2. The second-order valence-corrected chi connectivity index (χ2v) is 5.89. The maximum Gasteiger partial charge on any atom is 0.167 e. The van der Waals surface area contributed by atoms with Crippen molar-refractivity contribution in [1.82, 2.24) is 4.90 Å². The molecule has 4 nitrogen and oxygen atoms in total. The molecular formula is C16H28FN3O. The van der Waals surface area contributed by atoms with E-state index in [1.807, 2.05) is 13.8 Å². The minimum Gasteiger partial charge on any atom is -0.488 e. The Bertz CT molecular complexity index is 449. The number of nitrogens with one attached hydrogen (secondary N) is 1. The molecule has 0 radical (unpaired) electrons. The van der Waals surface area contributed by atoms with E-state index in [4.69, 9.17) is 10.5 Å². The quantitative estimate of drug-likeness (QED) is 0.571. The number of ether oxygens (including phenoxy) is 1. The molecular weight excluding hydrogens is 269 g/mol. The third-order valence-corrected chi connectivity index (χ3v) is 3.35. The summed E-state index contributed by atoms with van der Waals surface area (Å²) in [6, 6.07) is 3.48. The first-order valence-corrected chi connectivity index (χ1v) is 7.51. The maximum atomic E-state index is 13.7. The highest BCUT2D eigenvalue weighted by Crippen LogP contribution is 2.28. The zero-order chi connectivity index (χ0) is 16.0. The van der Waals surface area contributed by atoms with Gasteiger partial charge in [0.25, 0.3) is 0 Å². The summed E-state index contributed by atoms with van der Waals surface area (Å²) in [5.74, 6) is -0.188. The van der Waals surface area contributed by atoms with Gasteiger partial charge in [-0.2, -0.15) is 0 Å². The van der Waals surface area contributed by atoms with Gasteiger partial charge in [0.05, 0.1) is 17.5 Å². The van der Waals surface area contributed by atoms with Crippen LogP contribution in [0.3, 0.4) is 0 Å². The second kappa shape index (κ2) is 8.08. The number of halogens is 1. The number of nitrogens with zero attached hydrogens (tertiary/aromatic N) is 1. The fourth-order valence-corrected chi connectivity index (χ4v) is 1.88. The van der Waals surface area contributed by atoms with E-state index in [0.717, 1.165) is 25.2 Å².